The van der Waals surface area contributed by atoms with Gasteiger partial charge in [-0.15, -0.1) is 13.2 Å². The second-order valence-electron chi connectivity index (χ2n) is 3.97. The van der Waals surface area contributed by atoms with E-state index in [1.165, 1.54) is 25.7 Å². The maximum absolute atomic E-state index is 5.92. The van der Waals surface area contributed by atoms with Crippen LogP contribution in [0.2, 0.25) is 0 Å². The fourth-order valence-corrected chi connectivity index (χ4v) is 1.52. The van der Waals surface area contributed by atoms with Crippen LogP contribution >= 0.6 is 0 Å². The van der Waals surface area contributed by atoms with E-state index in [4.69, 9.17) is 4.74 Å². The predicted octanol–water partition coefficient (Wildman–Crippen LogP) is 4.49. The second-order valence-corrected chi connectivity index (χ2v) is 3.97. The van der Waals surface area contributed by atoms with E-state index < -0.39 is 0 Å². The number of rotatable bonds is 10. The summed E-state index contributed by atoms with van der Waals surface area (Å²) in [6.07, 6.45) is 11.2. The van der Waals surface area contributed by atoms with Crippen LogP contribution in [0, 0.1) is 0 Å². The van der Waals surface area contributed by atoms with Crippen LogP contribution < -0.4 is 0 Å². The normalized spacial score (nSPS) is 14.5. The zero-order valence-electron chi connectivity index (χ0n) is 10.4. The Hall–Kier alpha value is -0.560. The lowest BCUT2D eigenvalue weighted by Gasteiger charge is -2.20. The van der Waals surface area contributed by atoms with Crippen molar-refractivity contribution >= 4 is 0 Å². The maximum Gasteiger partial charge on any atom is 0.0761 e. The van der Waals surface area contributed by atoms with Gasteiger partial charge in [-0.05, 0) is 12.8 Å². The SMILES string of the molecule is C=CC(CCCC)OC(C=C)CCCC. The quantitative estimate of drug-likeness (QED) is 0.483. The molecule has 0 heterocycles. The van der Waals surface area contributed by atoms with Gasteiger partial charge < -0.3 is 4.74 Å². The Morgan fingerprint density at radius 2 is 1.33 bits per heavy atom. The Morgan fingerprint density at radius 1 is 0.933 bits per heavy atom. The lowest BCUT2D eigenvalue weighted by Crippen LogP contribution is -2.18. The molecule has 0 amide bonds. The molecule has 1 heteroatoms. The van der Waals surface area contributed by atoms with Crippen LogP contribution in [0.25, 0.3) is 0 Å². The molecule has 0 radical (unpaired) electrons. The molecule has 0 saturated heterocycles. The molecule has 15 heavy (non-hydrogen) atoms. The first-order valence-electron chi connectivity index (χ1n) is 6.19. The lowest BCUT2D eigenvalue weighted by molar-refractivity contribution is 0.0304. The molecule has 0 aliphatic heterocycles. The maximum atomic E-state index is 5.92. The molecule has 1 nitrogen and oxygen atoms in total. The monoisotopic (exact) mass is 210 g/mol. The third kappa shape index (κ3) is 7.38. The van der Waals surface area contributed by atoms with E-state index in [-0.39, 0.29) is 12.2 Å². The fraction of sp³-hybridized carbons (Fsp3) is 0.714. The average molecular weight is 210 g/mol. The van der Waals surface area contributed by atoms with Crippen LogP contribution in [0.4, 0.5) is 0 Å². The van der Waals surface area contributed by atoms with Gasteiger partial charge in [0.05, 0.1) is 12.2 Å². The van der Waals surface area contributed by atoms with Crippen molar-refractivity contribution in [2.45, 2.75) is 64.6 Å². The minimum Gasteiger partial charge on any atom is -0.367 e. The molecule has 0 bridgehead atoms. The van der Waals surface area contributed by atoms with Crippen molar-refractivity contribution in [1.82, 2.24) is 0 Å². The number of ether oxygens (including phenoxy) is 1. The van der Waals surface area contributed by atoms with Gasteiger partial charge in [0.2, 0.25) is 0 Å². The fourth-order valence-electron chi connectivity index (χ4n) is 1.52. The summed E-state index contributed by atoms with van der Waals surface area (Å²) in [5.74, 6) is 0. The Morgan fingerprint density at radius 3 is 1.60 bits per heavy atom. The minimum atomic E-state index is 0.199. The third-order valence-corrected chi connectivity index (χ3v) is 2.56. The van der Waals surface area contributed by atoms with Crippen molar-refractivity contribution in [3.8, 4) is 0 Å². The van der Waals surface area contributed by atoms with Gasteiger partial charge in [0.1, 0.15) is 0 Å². The van der Waals surface area contributed by atoms with Crippen LogP contribution in [0.15, 0.2) is 25.3 Å². The van der Waals surface area contributed by atoms with Crippen molar-refractivity contribution in [2.24, 2.45) is 0 Å². The summed E-state index contributed by atoms with van der Waals surface area (Å²) in [5, 5.41) is 0. The van der Waals surface area contributed by atoms with Crippen molar-refractivity contribution in [3.63, 3.8) is 0 Å². The molecule has 0 aliphatic rings. The van der Waals surface area contributed by atoms with Gasteiger partial charge in [-0.2, -0.15) is 0 Å². The number of hydrogen-bond donors (Lipinski definition) is 0. The van der Waals surface area contributed by atoms with Crippen LogP contribution in [0.3, 0.4) is 0 Å². The highest BCUT2D eigenvalue weighted by molar-refractivity contribution is 4.86. The molecule has 0 aromatic rings. The predicted molar refractivity (Wildman–Crippen MR) is 68.1 cm³/mol. The van der Waals surface area contributed by atoms with Crippen molar-refractivity contribution in [2.75, 3.05) is 0 Å². The van der Waals surface area contributed by atoms with E-state index in [0.29, 0.717) is 0 Å². The highest BCUT2D eigenvalue weighted by Gasteiger charge is 2.10. The first kappa shape index (κ1) is 14.4. The van der Waals surface area contributed by atoms with E-state index >= 15 is 0 Å². The first-order chi connectivity index (χ1) is 7.28. The minimum absolute atomic E-state index is 0.199. The Balaban J connectivity index is 3.88. The van der Waals surface area contributed by atoms with E-state index in [1.54, 1.807) is 0 Å². The lowest BCUT2D eigenvalue weighted by atomic mass is 10.1. The summed E-state index contributed by atoms with van der Waals surface area (Å²) in [7, 11) is 0. The van der Waals surface area contributed by atoms with Crippen LogP contribution in [-0.4, -0.2) is 12.2 Å². The van der Waals surface area contributed by atoms with Gasteiger partial charge in [-0.1, -0.05) is 51.7 Å². The Labute approximate surface area is 95.2 Å². The number of unbranched alkanes of at least 4 members (excludes halogenated alkanes) is 2. The van der Waals surface area contributed by atoms with Crippen molar-refractivity contribution in [3.05, 3.63) is 25.3 Å². The molecular weight excluding hydrogens is 184 g/mol. The average Bonchev–Trinajstić information content (AvgIpc) is 2.28. The Bertz CT molecular complexity index is 145. The Kier molecular flexibility index (Phi) is 9.60. The molecule has 0 N–H and O–H groups in total. The summed E-state index contributed by atoms with van der Waals surface area (Å²) in [4.78, 5) is 0. The molecule has 2 atom stereocenters. The standard InChI is InChI=1S/C14H26O/c1-5-9-11-13(7-3)15-14(8-4)12-10-6-2/h7-8,13-14H,3-6,9-12H2,1-2H3. The smallest absolute Gasteiger partial charge is 0.0761 e. The molecule has 2 unspecified atom stereocenters. The molecular formula is C14H26O. The van der Waals surface area contributed by atoms with Gasteiger partial charge in [-0.3, -0.25) is 0 Å². The van der Waals surface area contributed by atoms with E-state index in [0.717, 1.165) is 12.8 Å². The van der Waals surface area contributed by atoms with Crippen molar-refractivity contribution < 1.29 is 4.74 Å². The second kappa shape index (κ2) is 9.97. The van der Waals surface area contributed by atoms with Gasteiger partial charge in [0.15, 0.2) is 0 Å². The van der Waals surface area contributed by atoms with Crippen LogP contribution in [0.1, 0.15) is 52.4 Å². The zero-order valence-corrected chi connectivity index (χ0v) is 10.4. The highest BCUT2D eigenvalue weighted by Crippen LogP contribution is 2.13. The zero-order chi connectivity index (χ0) is 11.5. The van der Waals surface area contributed by atoms with Gasteiger partial charge in [0.25, 0.3) is 0 Å². The van der Waals surface area contributed by atoms with E-state index in [2.05, 4.69) is 27.0 Å². The number of hydrogen-bond acceptors (Lipinski definition) is 1. The van der Waals surface area contributed by atoms with Gasteiger partial charge in [0, 0.05) is 0 Å². The van der Waals surface area contributed by atoms with Gasteiger partial charge >= 0.3 is 0 Å². The molecule has 0 aromatic heterocycles. The molecule has 88 valence electrons. The topological polar surface area (TPSA) is 9.23 Å². The van der Waals surface area contributed by atoms with E-state index in [1.807, 2.05) is 12.2 Å². The molecule has 0 aliphatic carbocycles. The summed E-state index contributed by atoms with van der Waals surface area (Å²) in [6, 6.07) is 0. The third-order valence-electron chi connectivity index (χ3n) is 2.56. The van der Waals surface area contributed by atoms with E-state index in [9.17, 15) is 0 Å². The summed E-state index contributed by atoms with van der Waals surface area (Å²) in [6.45, 7) is 12.0. The molecule has 0 aromatic carbocycles. The van der Waals surface area contributed by atoms with Crippen molar-refractivity contribution in [1.29, 1.82) is 0 Å². The molecule has 0 rings (SSSR count). The molecule has 0 fully saturated rings. The summed E-state index contributed by atoms with van der Waals surface area (Å²) in [5.41, 5.74) is 0. The van der Waals surface area contributed by atoms with Gasteiger partial charge in [-0.25, -0.2) is 0 Å². The largest absolute Gasteiger partial charge is 0.367 e. The van der Waals surface area contributed by atoms with Crippen LogP contribution in [0.5, 0.6) is 0 Å². The van der Waals surface area contributed by atoms with Crippen LogP contribution in [-0.2, 0) is 4.74 Å². The molecule has 0 spiro atoms. The summed E-state index contributed by atoms with van der Waals surface area (Å²) < 4.78 is 5.92. The highest BCUT2D eigenvalue weighted by atomic mass is 16.5. The molecule has 0 saturated carbocycles. The summed E-state index contributed by atoms with van der Waals surface area (Å²) >= 11 is 0. The first-order valence-corrected chi connectivity index (χ1v) is 6.19.